The lowest BCUT2D eigenvalue weighted by atomic mass is 10.0. The standard InChI is InChI=1S/C10H15ClN4O/c1-6(2)5-7(12)9(16)15-10-13-4-3-8(11)14-10/h3-4,6-7H,5,12H2,1-2H3,(H,13,14,15,16)/t7-/m0/s1. The highest BCUT2D eigenvalue weighted by atomic mass is 35.5. The molecule has 1 aromatic heterocycles. The summed E-state index contributed by atoms with van der Waals surface area (Å²) in [6.45, 7) is 4.01. The van der Waals surface area contributed by atoms with Gasteiger partial charge in [-0.15, -0.1) is 0 Å². The van der Waals surface area contributed by atoms with Crippen LogP contribution in [0.1, 0.15) is 20.3 Å². The van der Waals surface area contributed by atoms with Crippen LogP contribution in [0.5, 0.6) is 0 Å². The van der Waals surface area contributed by atoms with Gasteiger partial charge in [-0.1, -0.05) is 25.4 Å². The van der Waals surface area contributed by atoms with E-state index in [1.54, 1.807) is 0 Å². The van der Waals surface area contributed by atoms with Crippen molar-refractivity contribution in [3.05, 3.63) is 17.4 Å². The summed E-state index contributed by atoms with van der Waals surface area (Å²) in [6, 6.07) is 0.980. The van der Waals surface area contributed by atoms with Gasteiger partial charge in [0, 0.05) is 6.20 Å². The number of halogens is 1. The first-order valence-electron chi connectivity index (χ1n) is 5.04. The first-order chi connectivity index (χ1) is 7.49. The monoisotopic (exact) mass is 242 g/mol. The summed E-state index contributed by atoms with van der Waals surface area (Å²) >= 11 is 5.66. The van der Waals surface area contributed by atoms with Gasteiger partial charge in [0.15, 0.2) is 0 Å². The van der Waals surface area contributed by atoms with Crippen LogP contribution in [0.15, 0.2) is 12.3 Å². The lowest BCUT2D eigenvalue weighted by Gasteiger charge is -2.13. The summed E-state index contributed by atoms with van der Waals surface area (Å²) < 4.78 is 0. The molecule has 0 fully saturated rings. The van der Waals surface area contributed by atoms with E-state index in [0.29, 0.717) is 12.3 Å². The lowest BCUT2D eigenvalue weighted by molar-refractivity contribution is -0.117. The molecule has 1 amide bonds. The Hall–Kier alpha value is -1.20. The molecule has 6 heteroatoms. The molecule has 0 saturated heterocycles. The van der Waals surface area contributed by atoms with Gasteiger partial charge in [0.2, 0.25) is 11.9 Å². The summed E-state index contributed by atoms with van der Waals surface area (Å²) in [7, 11) is 0. The van der Waals surface area contributed by atoms with Gasteiger partial charge in [-0.3, -0.25) is 10.1 Å². The van der Waals surface area contributed by atoms with Gasteiger partial charge in [0.25, 0.3) is 0 Å². The van der Waals surface area contributed by atoms with Crippen LogP contribution in [-0.2, 0) is 4.79 Å². The Morgan fingerprint density at radius 3 is 2.88 bits per heavy atom. The zero-order valence-electron chi connectivity index (χ0n) is 9.27. The highest BCUT2D eigenvalue weighted by Crippen LogP contribution is 2.08. The Bertz CT molecular complexity index is 370. The summed E-state index contributed by atoms with van der Waals surface area (Å²) in [6.07, 6.45) is 2.09. The van der Waals surface area contributed by atoms with Crippen molar-refractivity contribution in [1.29, 1.82) is 0 Å². The molecule has 1 atom stereocenters. The molecule has 88 valence electrons. The van der Waals surface area contributed by atoms with Crippen LogP contribution < -0.4 is 11.1 Å². The largest absolute Gasteiger partial charge is 0.320 e. The summed E-state index contributed by atoms with van der Waals surface area (Å²) in [5, 5.41) is 2.80. The van der Waals surface area contributed by atoms with E-state index in [1.165, 1.54) is 12.3 Å². The quantitative estimate of drug-likeness (QED) is 0.783. The third kappa shape index (κ3) is 4.12. The fourth-order valence-electron chi connectivity index (χ4n) is 1.21. The molecule has 16 heavy (non-hydrogen) atoms. The molecule has 0 aliphatic heterocycles. The van der Waals surface area contributed by atoms with Crippen LogP contribution in [0.4, 0.5) is 5.95 Å². The second-order valence-electron chi connectivity index (χ2n) is 3.93. The Labute approximate surface area is 99.4 Å². The Kier molecular flexibility index (Phi) is 4.64. The van der Waals surface area contributed by atoms with E-state index in [0.717, 1.165) is 0 Å². The third-order valence-electron chi connectivity index (χ3n) is 1.92. The molecule has 0 aliphatic carbocycles. The van der Waals surface area contributed by atoms with Gasteiger partial charge in [0.1, 0.15) is 5.15 Å². The highest BCUT2D eigenvalue weighted by Gasteiger charge is 2.15. The number of anilines is 1. The van der Waals surface area contributed by atoms with Crippen molar-refractivity contribution in [2.75, 3.05) is 5.32 Å². The number of hydrogen-bond donors (Lipinski definition) is 2. The zero-order valence-corrected chi connectivity index (χ0v) is 10.0. The number of nitrogens with zero attached hydrogens (tertiary/aromatic N) is 2. The molecule has 0 spiro atoms. The van der Waals surface area contributed by atoms with Crippen LogP contribution in [0.3, 0.4) is 0 Å². The Morgan fingerprint density at radius 2 is 2.31 bits per heavy atom. The molecule has 0 bridgehead atoms. The van der Waals surface area contributed by atoms with Crippen LogP contribution in [-0.4, -0.2) is 21.9 Å². The minimum atomic E-state index is -0.553. The molecule has 0 radical (unpaired) electrons. The van der Waals surface area contributed by atoms with Gasteiger partial charge in [-0.05, 0) is 18.4 Å². The first-order valence-corrected chi connectivity index (χ1v) is 5.42. The fraction of sp³-hybridized carbons (Fsp3) is 0.500. The molecular formula is C10H15ClN4O. The van der Waals surface area contributed by atoms with E-state index >= 15 is 0 Å². The smallest absolute Gasteiger partial charge is 0.243 e. The number of nitrogens with one attached hydrogen (secondary N) is 1. The normalized spacial score (nSPS) is 12.6. The van der Waals surface area contributed by atoms with Crippen LogP contribution in [0.25, 0.3) is 0 Å². The number of rotatable bonds is 4. The van der Waals surface area contributed by atoms with E-state index in [4.69, 9.17) is 17.3 Å². The maximum Gasteiger partial charge on any atom is 0.243 e. The van der Waals surface area contributed by atoms with Crippen molar-refractivity contribution in [2.24, 2.45) is 11.7 Å². The number of hydrogen-bond acceptors (Lipinski definition) is 4. The van der Waals surface area contributed by atoms with Crippen molar-refractivity contribution in [2.45, 2.75) is 26.3 Å². The summed E-state index contributed by atoms with van der Waals surface area (Å²) in [5.74, 6) is 0.244. The van der Waals surface area contributed by atoms with E-state index in [2.05, 4.69) is 15.3 Å². The maximum absolute atomic E-state index is 11.6. The Morgan fingerprint density at radius 1 is 1.62 bits per heavy atom. The second kappa shape index (κ2) is 5.77. The molecule has 0 unspecified atom stereocenters. The lowest BCUT2D eigenvalue weighted by Crippen LogP contribution is -2.37. The van der Waals surface area contributed by atoms with Crippen molar-refractivity contribution in [3.8, 4) is 0 Å². The van der Waals surface area contributed by atoms with Crippen LogP contribution in [0.2, 0.25) is 5.15 Å². The van der Waals surface area contributed by atoms with Crippen molar-refractivity contribution < 1.29 is 4.79 Å². The number of aromatic nitrogens is 2. The summed E-state index contributed by atoms with van der Waals surface area (Å²) in [4.78, 5) is 19.3. The van der Waals surface area contributed by atoms with Crippen molar-refractivity contribution >= 4 is 23.5 Å². The molecule has 1 rings (SSSR count). The average molecular weight is 243 g/mol. The molecule has 1 heterocycles. The molecule has 0 saturated carbocycles. The predicted molar refractivity (Wildman–Crippen MR) is 63.1 cm³/mol. The number of carbonyl (C=O) groups excluding carboxylic acids is 1. The van der Waals surface area contributed by atoms with E-state index in [9.17, 15) is 4.79 Å². The molecule has 0 aliphatic rings. The van der Waals surface area contributed by atoms with Gasteiger partial charge in [-0.25, -0.2) is 9.97 Å². The predicted octanol–water partition coefficient (Wildman–Crippen LogP) is 1.44. The zero-order chi connectivity index (χ0) is 12.1. The topological polar surface area (TPSA) is 80.9 Å². The van der Waals surface area contributed by atoms with Gasteiger partial charge in [-0.2, -0.15) is 0 Å². The molecule has 3 N–H and O–H groups in total. The SMILES string of the molecule is CC(C)C[C@H](N)C(=O)Nc1nccc(Cl)n1. The Balaban J connectivity index is 2.57. The molecule has 1 aromatic rings. The van der Waals surface area contributed by atoms with Crippen LogP contribution >= 0.6 is 11.6 Å². The third-order valence-corrected chi connectivity index (χ3v) is 2.13. The number of nitrogens with two attached hydrogens (primary N) is 1. The van der Waals surface area contributed by atoms with Crippen molar-refractivity contribution in [3.63, 3.8) is 0 Å². The molecular weight excluding hydrogens is 228 g/mol. The van der Waals surface area contributed by atoms with Crippen molar-refractivity contribution in [1.82, 2.24) is 9.97 Å². The average Bonchev–Trinajstić information content (AvgIpc) is 2.16. The first kappa shape index (κ1) is 12.9. The minimum Gasteiger partial charge on any atom is -0.320 e. The second-order valence-corrected chi connectivity index (χ2v) is 4.32. The maximum atomic E-state index is 11.6. The van der Waals surface area contributed by atoms with Gasteiger partial charge in [0.05, 0.1) is 6.04 Å². The minimum absolute atomic E-state index is 0.178. The number of carbonyl (C=O) groups is 1. The fourth-order valence-corrected chi connectivity index (χ4v) is 1.35. The van der Waals surface area contributed by atoms with E-state index in [-0.39, 0.29) is 17.0 Å². The highest BCUT2D eigenvalue weighted by molar-refractivity contribution is 6.29. The van der Waals surface area contributed by atoms with Gasteiger partial charge < -0.3 is 5.73 Å². The van der Waals surface area contributed by atoms with Crippen LogP contribution in [0, 0.1) is 5.92 Å². The van der Waals surface area contributed by atoms with E-state index < -0.39 is 6.04 Å². The van der Waals surface area contributed by atoms with Gasteiger partial charge >= 0.3 is 0 Å². The molecule has 5 nitrogen and oxygen atoms in total. The molecule has 0 aromatic carbocycles. The summed E-state index contributed by atoms with van der Waals surface area (Å²) in [5.41, 5.74) is 5.70. The van der Waals surface area contributed by atoms with E-state index in [1.807, 2.05) is 13.8 Å². The number of amides is 1.